The fourth-order valence-electron chi connectivity index (χ4n) is 2.93. The molecule has 3 nitrogen and oxygen atoms in total. The number of hydrogen-bond donors (Lipinski definition) is 1. The maximum atomic E-state index is 11.5. The van der Waals surface area contributed by atoms with Crippen molar-refractivity contribution in [1.29, 1.82) is 0 Å². The van der Waals surface area contributed by atoms with Gasteiger partial charge in [0.1, 0.15) is 6.04 Å². The number of nitrogens with one attached hydrogen (secondary N) is 1. The van der Waals surface area contributed by atoms with E-state index in [-0.39, 0.29) is 12.0 Å². The standard InChI is InChI=1S/C16H31NO2/c1-14(16(18)19-2)17-15-12-10-8-6-4-3-5-7-9-11-13-15/h14-15,17H,3-13H2,1-2H3/t14-/m0/s1. The molecule has 1 rings (SSSR count). The van der Waals surface area contributed by atoms with Gasteiger partial charge in [0, 0.05) is 6.04 Å². The maximum Gasteiger partial charge on any atom is 0.322 e. The molecule has 0 bridgehead atoms. The van der Waals surface area contributed by atoms with E-state index in [0.717, 1.165) is 0 Å². The predicted octanol–water partition coefficient (Wildman–Crippen LogP) is 3.81. The van der Waals surface area contributed by atoms with Crippen molar-refractivity contribution in [1.82, 2.24) is 5.32 Å². The van der Waals surface area contributed by atoms with Crippen molar-refractivity contribution in [2.24, 2.45) is 0 Å². The van der Waals surface area contributed by atoms with Gasteiger partial charge in [-0.2, -0.15) is 0 Å². The van der Waals surface area contributed by atoms with E-state index in [4.69, 9.17) is 4.74 Å². The summed E-state index contributed by atoms with van der Waals surface area (Å²) in [6, 6.07) is 0.302. The van der Waals surface area contributed by atoms with Crippen molar-refractivity contribution in [3.05, 3.63) is 0 Å². The van der Waals surface area contributed by atoms with Gasteiger partial charge in [0.05, 0.1) is 7.11 Å². The maximum absolute atomic E-state index is 11.5. The Bertz CT molecular complexity index is 231. The first-order valence-electron chi connectivity index (χ1n) is 8.08. The summed E-state index contributed by atoms with van der Waals surface area (Å²) >= 11 is 0. The minimum absolute atomic E-state index is 0.147. The minimum Gasteiger partial charge on any atom is -0.468 e. The molecule has 0 radical (unpaired) electrons. The molecule has 0 aromatic heterocycles. The van der Waals surface area contributed by atoms with Crippen LogP contribution in [0.5, 0.6) is 0 Å². The van der Waals surface area contributed by atoms with Crippen molar-refractivity contribution >= 4 is 5.97 Å². The molecule has 112 valence electrons. The molecule has 3 heteroatoms. The molecule has 0 spiro atoms. The zero-order valence-corrected chi connectivity index (χ0v) is 12.7. The Balaban J connectivity index is 2.35. The molecule has 1 aliphatic rings. The summed E-state index contributed by atoms with van der Waals surface area (Å²) in [4.78, 5) is 11.5. The van der Waals surface area contributed by atoms with Crippen molar-refractivity contribution in [2.75, 3.05) is 7.11 Å². The Morgan fingerprint density at radius 1 is 0.947 bits per heavy atom. The van der Waals surface area contributed by atoms with E-state index in [1.54, 1.807) is 0 Å². The summed E-state index contributed by atoms with van der Waals surface area (Å²) in [7, 11) is 1.46. The monoisotopic (exact) mass is 269 g/mol. The van der Waals surface area contributed by atoms with E-state index in [2.05, 4.69) is 5.32 Å². The van der Waals surface area contributed by atoms with E-state index < -0.39 is 0 Å². The Morgan fingerprint density at radius 3 is 1.79 bits per heavy atom. The molecule has 0 aromatic carbocycles. The highest BCUT2D eigenvalue weighted by Gasteiger charge is 2.17. The highest BCUT2D eigenvalue weighted by molar-refractivity contribution is 5.75. The number of rotatable bonds is 3. The van der Waals surface area contributed by atoms with Crippen LogP contribution in [-0.2, 0) is 9.53 Å². The lowest BCUT2D eigenvalue weighted by molar-refractivity contribution is -0.142. The minimum atomic E-state index is -0.178. The second kappa shape index (κ2) is 10.2. The Kier molecular flexibility index (Phi) is 8.89. The molecule has 0 heterocycles. The van der Waals surface area contributed by atoms with Gasteiger partial charge < -0.3 is 10.1 Å². The zero-order chi connectivity index (χ0) is 13.9. The molecule has 0 unspecified atom stereocenters. The molecule has 1 fully saturated rings. The molecule has 0 saturated heterocycles. The van der Waals surface area contributed by atoms with Crippen LogP contribution in [0, 0.1) is 0 Å². The number of hydrogen-bond acceptors (Lipinski definition) is 3. The van der Waals surface area contributed by atoms with Crippen LogP contribution in [0.2, 0.25) is 0 Å². The normalized spacial score (nSPS) is 22.0. The lowest BCUT2D eigenvalue weighted by atomic mass is 9.97. The molecule has 0 aliphatic heterocycles. The smallest absolute Gasteiger partial charge is 0.322 e. The topological polar surface area (TPSA) is 38.3 Å². The van der Waals surface area contributed by atoms with Gasteiger partial charge in [0.25, 0.3) is 0 Å². The highest BCUT2D eigenvalue weighted by Crippen LogP contribution is 2.17. The number of esters is 1. The van der Waals surface area contributed by atoms with E-state index in [1.165, 1.54) is 77.7 Å². The molecule has 1 aliphatic carbocycles. The molecule has 1 saturated carbocycles. The second-order valence-corrected chi connectivity index (χ2v) is 5.87. The lowest BCUT2D eigenvalue weighted by Crippen LogP contribution is -2.42. The van der Waals surface area contributed by atoms with Crippen LogP contribution in [-0.4, -0.2) is 25.2 Å². The van der Waals surface area contributed by atoms with Crippen LogP contribution in [0.3, 0.4) is 0 Å². The SMILES string of the molecule is COC(=O)[C@H](C)NC1CCCCCCCCCCC1. The van der Waals surface area contributed by atoms with E-state index in [0.29, 0.717) is 6.04 Å². The number of methoxy groups -OCH3 is 1. The summed E-state index contributed by atoms with van der Waals surface area (Å²) in [5, 5.41) is 3.45. The summed E-state index contributed by atoms with van der Waals surface area (Å²) in [5.41, 5.74) is 0. The molecule has 19 heavy (non-hydrogen) atoms. The first-order valence-corrected chi connectivity index (χ1v) is 8.08. The van der Waals surface area contributed by atoms with Gasteiger partial charge in [0.2, 0.25) is 0 Å². The number of carbonyl (C=O) groups is 1. The molecule has 1 atom stereocenters. The number of ether oxygens (including phenoxy) is 1. The van der Waals surface area contributed by atoms with E-state index in [1.807, 2.05) is 6.92 Å². The third kappa shape index (κ3) is 7.56. The Morgan fingerprint density at radius 2 is 1.37 bits per heavy atom. The quantitative estimate of drug-likeness (QED) is 0.792. The second-order valence-electron chi connectivity index (χ2n) is 5.87. The first-order chi connectivity index (χ1) is 9.24. The summed E-state index contributed by atoms with van der Waals surface area (Å²) in [6.45, 7) is 1.90. The van der Waals surface area contributed by atoms with Crippen LogP contribution < -0.4 is 5.32 Å². The third-order valence-corrected chi connectivity index (χ3v) is 4.15. The molecular weight excluding hydrogens is 238 g/mol. The van der Waals surface area contributed by atoms with Crippen molar-refractivity contribution in [3.8, 4) is 0 Å². The Labute approximate surface area is 118 Å². The van der Waals surface area contributed by atoms with Crippen molar-refractivity contribution in [3.63, 3.8) is 0 Å². The van der Waals surface area contributed by atoms with Crippen LogP contribution in [0.4, 0.5) is 0 Å². The van der Waals surface area contributed by atoms with Gasteiger partial charge in [-0.05, 0) is 19.8 Å². The molecule has 0 aromatic rings. The fourth-order valence-corrected chi connectivity index (χ4v) is 2.93. The molecule has 1 N–H and O–H groups in total. The van der Waals surface area contributed by atoms with Crippen LogP contribution >= 0.6 is 0 Å². The van der Waals surface area contributed by atoms with Gasteiger partial charge in [-0.3, -0.25) is 4.79 Å². The average molecular weight is 269 g/mol. The predicted molar refractivity (Wildman–Crippen MR) is 79.2 cm³/mol. The zero-order valence-electron chi connectivity index (χ0n) is 12.7. The van der Waals surface area contributed by atoms with Crippen molar-refractivity contribution < 1.29 is 9.53 Å². The van der Waals surface area contributed by atoms with Gasteiger partial charge in [-0.15, -0.1) is 0 Å². The van der Waals surface area contributed by atoms with Crippen LogP contribution in [0.15, 0.2) is 0 Å². The van der Waals surface area contributed by atoms with Gasteiger partial charge in [0.15, 0.2) is 0 Å². The van der Waals surface area contributed by atoms with Crippen molar-refractivity contribution in [2.45, 2.75) is 89.6 Å². The first kappa shape index (κ1) is 16.5. The highest BCUT2D eigenvalue weighted by atomic mass is 16.5. The van der Waals surface area contributed by atoms with Gasteiger partial charge in [-0.1, -0.05) is 57.8 Å². The fraction of sp³-hybridized carbons (Fsp3) is 0.938. The van der Waals surface area contributed by atoms with Crippen LogP contribution in [0.25, 0.3) is 0 Å². The summed E-state index contributed by atoms with van der Waals surface area (Å²) in [5.74, 6) is -0.147. The third-order valence-electron chi connectivity index (χ3n) is 4.15. The van der Waals surface area contributed by atoms with Crippen LogP contribution in [0.1, 0.15) is 77.6 Å². The molecule has 0 amide bonds. The largest absolute Gasteiger partial charge is 0.468 e. The van der Waals surface area contributed by atoms with Gasteiger partial charge >= 0.3 is 5.97 Å². The Hall–Kier alpha value is -0.570. The van der Waals surface area contributed by atoms with E-state index in [9.17, 15) is 4.79 Å². The lowest BCUT2D eigenvalue weighted by Gasteiger charge is -2.22. The average Bonchev–Trinajstić information content (AvgIpc) is 2.40. The summed E-state index contributed by atoms with van der Waals surface area (Å²) in [6.07, 6.45) is 14.6. The summed E-state index contributed by atoms with van der Waals surface area (Å²) < 4.78 is 4.79. The van der Waals surface area contributed by atoms with Gasteiger partial charge in [-0.25, -0.2) is 0 Å². The number of carbonyl (C=O) groups excluding carboxylic acids is 1. The molecular formula is C16H31NO2. The van der Waals surface area contributed by atoms with E-state index >= 15 is 0 Å².